The standard InChI is InChI=1S/C10H14N2/c1-12-10-6-4-9(5-7-10)3-2-8-11/h2-7,12H,8,11H2,1H3/b3-2+. The van der Waals surface area contributed by atoms with E-state index in [1.807, 2.05) is 31.3 Å². The minimum absolute atomic E-state index is 0.591. The van der Waals surface area contributed by atoms with Crippen molar-refractivity contribution in [3.8, 4) is 0 Å². The molecule has 1 aromatic carbocycles. The SMILES string of the molecule is CNc1ccc(/C=C/CN)cc1. The Labute approximate surface area is 73.1 Å². The highest BCUT2D eigenvalue weighted by atomic mass is 14.8. The zero-order chi connectivity index (χ0) is 8.81. The van der Waals surface area contributed by atoms with E-state index in [9.17, 15) is 0 Å². The molecule has 0 saturated carbocycles. The van der Waals surface area contributed by atoms with Crippen molar-refractivity contribution in [2.75, 3.05) is 18.9 Å². The summed E-state index contributed by atoms with van der Waals surface area (Å²) in [5.41, 5.74) is 7.64. The van der Waals surface area contributed by atoms with Gasteiger partial charge in [-0.25, -0.2) is 0 Å². The van der Waals surface area contributed by atoms with Crippen molar-refractivity contribution in [2.24, 2.45) is 5.73 Å². The van der Waals surface area contributed by atoms with Crippen molar-refractivity contribution in [3.05, 3.63) is 35.9 Å². The lowest BCUT2D eigenvalue weighted by Crippen LogP contribution is -1.92. The van der Waals surface area contributed by atoms with E-state index in [2.05, 4.69) is 17.4 Å². The Bertz CT molecular complexity index is 249. The number of nitrogens with one attached hydrogen (secondary N) is 1. The Morgan fingerprint density at radius 2 is 2.00 bits per heavy atom. The maximum atomic E-state index is 5.33. The molecule has 12 heavy (non-hydrogen) atoms. The van der Waals surface area contributed by atoms with Gasteiger partial charge in [-0.1, -0.05) is 24.3 Å². The third-order valence-corrected chi connectivity index (χ3v) is 1.65. The van der Waals surface area contributed by atoms with Gasteiger partial charge < -0.3 is 11.1 Å². The van der Waals surface area contributed by atoms with Crippen LogP contribution in [0.5, 0.6) is 0 Å². The molecule has 0 heterocycles. The van der Waals surface area contributed by atoms with Crippen molar-refractivity contribution in [2.45, 2.75) is 0 Å². The zero-order valence-electron chi connectivity index (χ0n) is 7.25. The fourth-order valence-electron chi connectivity index (χ4n) is 0.965. The van der Waals surface area contributed by atoms with Gasteiger partial charge in [-0.05, 0) is 17.7 Å². The molecule has 0 aliphatic carbocycles. The molecule has 3 N–H and O–H groups in total. The molecule has 0 aliphatic heterocycles. The van der Waals surface area contributed by atoms with Crippen molar-refractivity contribution in [1.29, 1.82) is 0 Å². The lowest BCUT2D eigenvalue weighted by Gasteiger charge is -1.98. The van der Waals surface area contributed by atoms with E-state index in [0.717, 1.165) is 5.69 Å². The maximum Gasteiger partial charge on any atom is 0.0337 e. The molecule has 0 saturated heterocycles. The lowest BCUT2D eigenvalue weighted by molar-refractivity contribution is 1.26. The van der Waals surface area contributed by atoms with Crippen LogP contribution in [0.1, 0.15) is 5.56 Å². The van der Waals surface area contributed by atoms with Crippen LogP contribution in [-0.2, 0) is 0 Å². The second kappa shape index (κ2) is 4.57. The molecule has 64 valence electrons. The second-order valence-electron chi connectivity index (χ2n) is 2.51. The molecule has 1 rings (SSSR count). The summed E-state index contributed by atoms with van der Waals surface area (Å²) >= 11 is 0. The molecule has 2 heteroatoms. The van der Waals surface area contributed by atoms with Gasteiger partial charge in [-0.3, -0.25) is 0 Å². The number of rotatable bonds is 3. The molecule has 0 radical (unpaired) electrons. The third kappa shape index (κ3) is 2.40. The van der Waals surface area contributed by atoms with E-state index in [1.54, 1.807) is 0 Å². The molecule has 0 atom stereocenters. The topological polar surface area (TPSA) is 38.0 Å². The molecular weight excluding hydrogens is 148 g/mol. The van der Waals surface area contributed by atoms with Crippen LogP contribution in [0.2, 0.25) is 0 Å². The first-order valence-corrected chi connectivity index (χ1v) is 4.01. The summed E-state index contributed by atoms with van der Waals surface area (Å²) in [6.45, 7) is 0.591. The Balaban J connectivity index is 2.71. The fraction of sp³-hybridized carbons (Fsp3) is 0.200. The van der Waals surface area contributed by atoms with Gasteiger partial charge in [-0.2, -0.15) is 0 Å². The van der Waals surface area contributed by atoms with E-state index in [4.69, 9.17) is 5.73 Å². The van der Waals surface area contributed by atoms with Crippen LogP contribution in [0.3, 0.4) is 0 Å². The summed E-state index contributed by atoms with van der Waals surface area (Å²) in [6.07, 6.45) is 3.95. The summed E-state index contributed by atoms with van der Waals surface area (Å²) in [4.78, 5) is 0. The first kappa shape index (κ1) is 8.81. The molecular formula is C10H14N2. The Morgan fingerprint density at radius 3 is 2.50 bits per heavy atom. The van der Waals surface area contributed by atoms with E-state index >= 15 is 0 Å². The van der Waals surface area contributed by atoms with Gasteiger partial charge in [0.15, 0.2) is 0 Å². The van der Waals surface area contributed by atoms with Crippen LogP contribution in [0.4, 0.5) is 5.69 Å². The largest absolute Gasteiger partial charge is 0.388 e. The van der Waals surface area contributed by atoms with Crippen LogP contribution < -0.4 is 11.1 Å². The average molecular weight is 162 g/mol. The van der Waals surface area contributed by atoms with E-state index in [1.165, 1.54) is 5.56 Å². The minimum atomic E-state index is 0.591. The van der Waals surface area contributed by atoms with E-state index in [0.29, 0.717) is 6.54 Å². The summed E-state index contributed by atoms with van der Waals surface area (Å²) in [5.74, 6) is 0. The monoisotopic (exact) mass is 162 g/mol. The minimum Gasteiger partial charge on any atom is -0.388 e. The molecule has 0 unspecified atom stereocenters. The lowest BCUT2D eigenvalue weighted by atomic mass is 10.2. The van der Waals surface area contributed by atoms with Crippen LogP contribution >= 0.6 is 0 Å². The first-order valence-electron chi connectivity index (χ1n) is 4.01. The highest BCUT2D eigenvalue weighted by Gasteiger charge is 1.86. The molecule has 0 aliphatic rings. The van der Waals surface area contributed by atoms with Crippen molar-refractivity contribution >= 4 is 11.8 Å². The molecule has 0 amide bonds. The molecule has 2 nitrogen and oxygen atoms in total. The van der Waals surface area contributed by atoms with Gasteiger partial charge in [0.05, 0.1) is 0 Å². The summed E-state index contributed by atoms with van der Waals surface area (Å²) < 4.78 is 0. The van der Waals surface area contributed by atoms with Gasteiger partial charge in [0.1, 0.15) is 0 Å². The Hall–Kier alpha value is -1.28. The summed E-state index contributed by atoms with van der Waals surface area (Å²) in [6, 6.07) is 8.18. The predicted octanol–water partition coefficient (Wildman–Crippen LogP) is 1.70. The number of benzene rings is 1. The van der Waals surface area contributed by atoms with Gasteiger partial charge >= 0.3 is 0 Å². The molecule has 0 spiro atoms. The predicted molar refractivity (Wildman–Crippen MR) is 54.1 cm³/mol. The van der Waals surface area contributed by atoms with Crippen LogP contribution in [-0.4, -0.2) is 13.6 Å². The van der Waals surface area contributed by atoms with Crippen LogP contribution in [0, 0.1) is 0 Å². The smallest absolute Gasteiger partial charge is 0.0337 e. The Morgan fingerprint density at radius 1 is 1.33 bits per heavy atom. The summed E-state index contributed by atoms with van der Waals surface area (Å²) in [5, 5.41) is 3.06. The average Bonchev–Trinajstić information content (AvgIpc) is 2.15. The van der Waals surface area contributed by atoms with Gasteiger partial charge in [0, 0.05) is 19.3 Å². The molecule has 1 aromatic rings. The number of anilines is 1. The number of hydrogen-bond donors (Lipinski definition) is 2. The zero-order valence-corrected chi connectivity index (χ0v) is 7.25. The quantitative estimate of drug-likeness (QED) is 0.710. The fourth-order valence-corrected chi connectivity index (χ4v) is 0.965. The van der Waals surface area contributed by atoms with Crippen molar-refractivity contribution < 1.29 is 0 Å². The van der Waals surface area contributed by atoms with Crippen LogP contribution in [0.15, 0.2) is 30.3 Å². The summed E-state index contributed by atoms with van der Waals surface area (Å²) in [7, 11) is 1.91. The maximum absolute atomic E-state index is 5.33. The van der Waals surface area contributed by atoms with Crippen LogP contribution in [0.25, 0.3) is 6.08 Å². The molecule has 0 bridgehead atoms. The highest BCUT2D eigenvalue weighted by Crippen LogP contribution is 2.09. The van der Waals surface area contributed by atoms with E-state index in [-0.39, 0.29) is 0 Å². The van der Waals surface area contributed by atoms with Crippen molar-refractivity contribution in [1.82, 2.24) is 0 Å². The molecule has 0 fully saturated rings. The van der Waals surface area contributed by atoms with Gasteiger partial charge in [0.2, 0.25) is 0 Å². The first-order chi connectivity index (χ1) is 5.86. The number of nitrogens with two attached hydrogens (primary N) is 1. The normalized spacial score (nSPS) is 10.5. The van der Waals surface area contributed by atoms with Crippen molar-refractivity contribution in [3.63, 3.8) is 0 Å². The third-order valence-electron chi connectivity index (χ3n) is 1.65. The number of hydrogen-bond acceptors (Lipinski definition) is 2. The van der Waals surface area contributed by atoms with E-state index < -0.39 is 0 Å². The molecule has 0 aromatic heterocycles. The van der Waals surface area contributed by atoms with Gasteiger partial charge in [-0.15, -0.1) is 0 Å². The Kier molecular flexibility index (Phi) is 3.35. The van der Waals surface area contributed by atoms with Gasteiger partial charge in [0.25, 0.3) is 0 Å². The second-order valence-corrected chi connectivity index (χ2v) is 2.51. The highest BCUT2D eigenvalue weighted by molar-refractivity contribution is 5.54.